The Labute approximate surface area is 77.8 Å². The van der Waals surface area contributed by atoms with Crippen molar-refractivity contribution in [3.63, 3.8) is 0 Å². The molecule has 0 aliphatic heterocycles. The van der Waals surface area contributed by atoms with Crippen molar-refractivity contribution >= 4 is 0 Å². The molecule has 2 heteroatoms. The molecule has 0 radical (unpaired) electrons. The van der Waals surface area contributed by atoms with Crippen molar-refractivity contribution in [2.24, 2.45) is 0 Å². The minimum Gasteiger partial charge on any atom is -0.207 e. The van der Waals surface area contributed by atoms with Gasteiger partial charge in [0.05, 0.1) is 12.0 Å². The summed E-state index contributed by atoms with van der Waals surface area (Å²) in [4.78, 5) is 0. The average Bonchev–Trinajstić information content (AvgIpc) is 2.02. The fourth-order valence-electron chi connectivity index (χ4n) is 1.54. The Hall–Kier alpha value is -1.36. The largest absolute Gasteiger partial charge is 0.207 e. The van der Waals surface area contributed by atoms with Crippen LogP contribution in [-0.2, 0) is 0 Å². The van der Waals surface area contributed by atoms with E-state index in [2.05, 4.69) is 0 Å². The lowest BCUT2D eigenvalue weighted by Crippen LogP contribution is -1.99. The highest BCUT2D eigenvalue weighted by Gasteiger charge is 2.13. The number of benzene rings is 1. The first-order valence-corrected chi connectivity index (χ1v) is 4.22. The third-order valence-electron chi connectivity index (χ3n) is 2.11. The minimum absolute atomic E-state index is 0.272. The second-order valence-electron chi connectivity index (χ2n) is 3.33. The van der Waals surface area contributed by atoms with Crippen LogP contribution in [-0.4, -0.2) is 0 Å². The van der Waals surface area contributed by atoms with Gasteiger partial charge in [0.15, 0.2) is 0 Å². The lowest BCUT2D eigenvalue weighted by Gasteiger charge is -2.09. The zero-order chi connectivity index (χ0) is 10.0. The van der Waals surface area contributed by atoms with Crippen LogP contribution in [0.5, 0.6) is 0 Å². The number of rotatable bonds is 1. The second-order valence-corrected chi connectivity index (χ2v) is 3.33. The molecule has 0 saturated heterocycles. The molecular weight excluding hydrogens is 165 g/mol. The predicted molar refractivity (Wildman–Crippen MR) is 49.9 cm³/mol. The summed E-state index contributed by atoms with van der Waals surface area (Å²) in [6.07, 6.45) is 0. The Kier molecular flexibility index (Phi) is 2.67. The van der Waals surface area contributed by atoms with E-state index < -0.39 is 0 Å². The van der Waals surface area contributed by atoms with Gasteiger partial charge < -0.3 is 0 Å². The SMILES string of the molecule is Cc1cc(C)c(C(C)C#N)c(F)c1. The number of hydrogen-bond donors (Lipinski definition) is 0. The summed E-state index contributed by atoms with van der Waals surface area (Å²) in [6, 6.07) is 5.41. The van der Waals surface area contributed by atoms with Crippen molar-refractivity contribution in [2.45, 2.75) is 26.7 Å². The maximum atomic E-state index is 13.4. The van der Waals surface area contributed by atoms with Gasteiger partial charge in [-0.05, 0) is 38.0 Å². The van der Waals surface area contributed by atoms with E-state index >= 15 is 0 Å². The fraction of sp³-hybridized carbons (Fsp3) is 0.364. The van der Waals surface area contributed by atoms with Crippen molar-refractivity contribution in [1.29, 1.82) is 5.26 Å². The van der Waals surface area contributed by atoms with Gasteiger partial charge >= 0.3 is 0 Å². The van der Waals surface area contributed by atoms with E-state index in [4.69, 9.17) is 5.26 Å². The molecule has 1 nitrogen and oxygen atoms in total. The summed E-state index contributed by atoms with van der Waals surface area (Å²) in [6.45, 7) is 5.39. The molecule has 1 unspecified atom stereocenters. The van der Waals surface area contributed by atoms with E-state index in [9.17, 15) is 4.39 Å². The van der Waals surface area contributed by atoms with Crippen LogP contribution in [0.3, 0.4) is 0 Å². The number of nitriles is 1. The molecule has 0 bridgehead atoms. The highest BCUT2D eigenvalue weighted by atomic mass is 19.1. The molecule has 13 heavy (non-hydrogen) atoms. The van der Waals surface area contributed by atoms with Crippen molar-refractivity contribution < 1.29 is 4.39 Å². The van der Waals surface area contributed by atoms with Crippen molar-refractivity contribution in [2.75, 3.05) is 0 Å². The van der Waals surface area contributed by atoms with Gasteiger partial charge in [-0.25, -0.2) is 4.39 Å². The number of aryl methyl sites for hydroxylation is 2. The molecule has 0 aliphatic carbocycles. The van der Waals surface area contributed by atoms with E-state index in [1.54, 1.807) is 6.92 Å². The van der Waals surface area contributed by atoms with Gasteiger partial charge in [0.25, 0.3) is 0 Å². The first-order chi connectivity index (χ1) is 6.06. The highest BCUT2D eigenvalue weighted by molar-refractivity contribution is 5.36. The quantitative estimate of drug-likeness (QED) is 0.646. The number of hydrogen-bond acceptors (Lipinski definition) is 1. The summed E-state index contributed by atoms with van der Waals surface area (Å²) >= 11 is 0. The topological polar surface area (TPSA) is 23.8 Å². The van der Waals surface area contributed by atoms with E-state index in [0.29, 0.717) is 5.56 Å². The summed E-state index contributed by atoms with van der Waals surface area (Å²) < 4.78 is 13.4. The van der Waals surface area contributed by atoms with Crippen molar-refractivity contribution in [1.82, 2.24) is 0 Å². The van der Waals surface area contributed by atoms with Crippen LogP contribution in [0.15, 0.2) is 12.1 Å². The predicted octanol–water partition coefficient (Wildman–Crippen LogP) is 3.07. The standard InChI is InChI=1S/C11H12FN/c1-7-4-8(2)11(9(3)6-13)10(12)5-7/h4-5,9H,1-3H3. The summed E-state index contributed by atoms with van der Waals surface area (Å²) in [5.41, 5.74) is 2.27. The molecule has 0 heterocycles. The Morgan fingerprint density at radius 1 is 1.38 bits per heavy atom. The van der Waals surface area contributed by atoms with Crippen molar-refractivity contribution in [3.05, 3.63) is 34.6 Å². The monoisotopic (exact) mass is 177 g/mol. The van der Waals surface area contributed by atoms with Crippen LogP contribution in [0.4, 0.5) is 4.39 Å². The molecule has 1 aromatic carbocycles. The lowest BCUT2D eigenvalue weighted by molar-refractivity contribution is 0.603. The highest BCUT2D eigenvalue weighted by Crippen LogP contribution is 2.23. The zero-order valence-corrected chi connectivity index (χ0v) is 8.06. The Bertz CT molecular complexity index is 340. The van der Waals surface area contributed by atoms with Crippen LogP contribution in [0.1, 0.15) is 29.5 Å². The van der Waals surface area contributed by atoms with E-state index in [1.165, 1.54) is 6.07 Å². The smallest absolute Gasteiger partial charge is 0.128 e. The van der Waals surface area contributed by atoms with E-state index in [1.807, 2.05) is 26.0 Å². The molecule has 68 valence electrons. The van der Waals surface area contributed by atoms with Crippen LogP contribution >= 0.6 is 0 Å². The number of halogens is 1. The summed E-state index contributed by atoms with van der Waals surface area (Å²) in [5, 5.41) is 8.69. The number of nitrogens with zero attached hydrogens (tertiary/aromatic N) is 1. The molecule has 1 atom stereocenters. The van der Waals surface area contributed by atoms with E-state index in [0.717, 1.165) is 11.1 Å². The van der Waals surface area contributed by atoms with Gasteiger partial charge in [-0.15, -0.1) is 0 Å². The molecular formula is C11H12FN. The van der Waals surface area contributed by atoms with Crippen LogP contribution in [0.25, 0.3) is 0 Å². The third-order valence-corrected chi connectivity index (χ3v) is 2.11. The van der Waals surface area contributed by atoms with Crippen molar-refractivity contribution in [3.8, 4) is 6.07 Å². The molecule has 1 aromatic rings. The summed E-state index contributed by atoms with van der Waals surface area (Å²) in [5.74, 6) is -0.646. The average molecular weight is 177 g/mol. The normalized spacial score (nSPS) is 12.2. The van der Waals surface area contributed by atoms with E-state index in [-0.39, 0.29) is 11.7 Å². The Morgan fingerprint density at radius 2 is 2.00 bits per heavy atom. The molecule has 0 aromatic heterocycles. The molecule has 1 rings (SSSR count). The minimum atomic E-state index is -0.374. The molecule has 0 aliphatic rings. The summed E-state index contributed by atoms with van der Waals surface area (Å²) in [7, 11) is 0. The van der Waals surface area contributed by atoms with Gasteiger partial charge in [0, 0.05) is 5.56 Å². The van der Waals surface area contributed by atoms with Gasteiger partial charge in [0.2, 0.25) is 0 Å². The first kappa shape index (κ1) is 9.73. The Balaban J connectivity index is 3.30. The second kappa shape index (κ2) is 3.57. The van der Waals surface area contributed by atoms with Gasteiger partial charge in [0.1, 0.15) is 5.82 Å². The lowest BCUT2D eigenvalue weighted by atomic mass is 9.95. The van der Waals surface area contributed by atoms with Gasteiger partial charge in [-0.2, -0.15) is 5.26 Å². The molecule has 0 N–H and O–H groups in total. The third kappa shape index (κ3) is 1.86. The first-order valence-electron chi connectivity index (χ1n) is 4.22. The molecule has 0 fully saturated rings. The maximum Gasteiger partial charge on any atom is 0.128 e. The molecule has 0 amide bonds. The van der Waals surface area contributed by atoms with Gasteiger partial charge in [-0.1, -0.05) is 6.07 Å². The van der Waals surface area contributed by atoms with Gasteiger partial charge in [-0.3, -0.25) is 0 Å². The van der Waals surface area contributed by atoms with Crippen LogP contribution in [0, 0.1) is 31.0 Å². The Morgan fingerprint density at radius 3 is 2.46 bits per heavy atom. The van der Waals surface area contributed by atoms with Crippen LogP contribution in [0.2, 0.25) is 0 Å². The maximum absolute atomic E-state index is 13.4. The molecule has 0 spiro atoms. The molecule has 0 saturated carbocycles. The van der Waals surface area contributed by atoms with Crippen LogP contribution < -0.4 is 0 Å². The fourth-order valence-corrected chi connectivity index (χ4v) is 1.54. The zero-order valence-electron chi connectivity index (χ0n) is 8.06.